The van der Waals surface area contributed by atoms with E-state index in [0.29, 0.717) is 49.9 Å². The lowest BCUT2D eigenvalue weighted by Crippen LogP contribution is -2.66. The predicted molar refractivity (Wildman–Crippen MR) is 155 cm³/mol. The molecule has 39 heavy (non-hydrogen) atoms. The van der Waals surface area contributed by atoms with E-state index < -0.39 is 15.3 Å². The number of hydrogen-bond acceptors (Lipinski definition) is 8. The van der Waals surface area contributed by atoms with Gasteiger partial charge >= 0.3 is 0 Å². The average molecular weight is 568 g/mol. The topological polar surface area (TPSA) is 118 Å². The molecule has 224 valence electrons. The van der Waals surface area contributed by atoms with E-state index in [2.05, 4.69) is 38.4 Å². The summed E-state index contributed by atoms with van der Waals surface area (Å²) in [5.74, 6) is 1.10. The Balaban J connectivity index is 1.11. The van der Waals surface area contributed by atoms with Crippen molar-refractivity contribution in [3.63, 3.8) is 0 Å². The number of carbonyl (C=O) groups is 1. The third-order valence-electron chi connectivity index (χ3n) is 10.3. The average Bonchev–Trinajstić information content (AvgIpc) is 2.96. The van der Waals surface area contributed by atoms with Crippen LogP contribution in [0.25, 0.3) is 0 Å². The van der Waals surface area contributed by atoms with E-state index >= 15 is 0 Å². The Morgan fingerprint density at radius 2 is 1.74 bits per heavy atom. The van der Waals surface area contributed by atoms with E-state index in [1.165, 1.54) is 12.8 Å². The van der Waals surface area contributed by atoms with Gasteiger partial charge < -0.3 is 15.5 Å². The van der Waals surface area contributed by atoms with Crippen molar-refractivity contribution in [2.24, 2.45) is 17.8 Å². The molecule has 11 heteroatoms. The summed E-state index contributed by atoms with van der Waals surface area (Å²) in [6, 6.07) is 1.00. The van der Waals surface area contributed by atoms with Crippen LogP contribution < -0.4 is 26.6 Å². The predicted octanol–water partition coefficient (Wildman–Crippen LogP) is 0.620. The Bertz CT molecular complexity index is 907. The quantitative estimate of drug-likeness (QED) is 0.304. The molecule has 3 saturated heterocycles. The number of likely N-dealkylation sites (N-methyl/N-ethyl adjacent to an activating group) is 1. The summed E-state index contributed by atoms with van der Waals surface area (Å²) in [4.78, 5) is 15.5. The van der Waals surface area contributed by atoms with Gasteiger partial charge in [-0.05, 0) is 96.3 Å². The summed E-state index contributed by atoms with van der Waals surface area (Å²) in [6.45, 7) is 8.25. The number of piperazine rings is 1. The molecule has 8 unspecified atom stereocenters. The number of hydrogen-bond donors (Lipinski definition) is 5. The Morgan fingerprint density at radius 1 is 0.923 bits per heavy atom. The molecule has 5 rings (SSSR count). The summed E-state index contributed by atoms with van der Waals surface area (Å²) < 4.78 is 28.4. The zero-order chi connectivity index (χ0) is 27.4. The van der Waals surface area contributed by atoms with Gasteiger partial charge in [0.15, 0.2) is 0 Å². The molecule has 0 aromatic rings. The molecule has 2 aliphatic carbocycles. The highest BCUT2D eigenvalue weighted by atomic mass is 32.2. The first-order valence-corrected chi connectivity index (χ1v) is 17.2. The lowest BCUT2D eigenvalue weighted by molar-refractivity contribution is -0.127. The van der Waals surface area contributed by atoms with Crippen LogP contribution in [0.4, 0.5) is 0 Å². The van der Waals surface area contributed by atoms with Crippen LogP contribution in [0.2, 0.25) is 0 Å². The van der Waals surface area contributed by atoms with E-state index in [0.717, 1.165) is 71.2 Å². The Kier molecular flexibility index (Phi) is 10.2. The number of nitrogens with one attached hydrogen (secondary N) is 5. The van der Waals surface area contributed by atoms with Gasteiger partial charge in [-0.3, -0.25) is 20.7 Å². The summed E-state index contributed by atoms with van der Waals surface area (Å²) in [5.41, 5.74) is 0. The van der Waals surface area contributed by atoms with Crippen molar-refractivity contribution in [3.05, 3.63) is 0 Å². The molecule has 0 bridgehead atoms. The lowest BCUT2D eigenvalue weighted by Gasteiger charge is -2.43. The zero-order valence-electron chi connectivity index (χ0n) is 24.2. The second-order valence-electron chi connectivity index (χ2n) is 13.1. The Hall–Kier alpha value is -0.820. The first-order chi connectivity index (χ1) is 18.8. The molecule has 5 N–H and O–H groups in total. The van der Waals surface area contributed by atoms with Gasteiger partial charge in [-0.1, -0.05) is 13.3 Å². The molecule has 2 saturated carbocycles. The standard InChI is InChI=1S/C28H53N7O3S/c1-20-8-9-23(18-26(20)33-28-30-12-10-25(32-28)22-6-4-11-29-19-22)31-27(36)21-5-3-7-24(17-21)39(37,38)35-15-13-34(2)14-16-35/h20-26,28-30,32-33H,3-19H2,1-2H3,(H,31,36). The van der Waals surface area contributed by atoms with E-state index in [9.17, 15) is 13.2 Å². The van der Waals surface area contributed by atoms with Crippen molar-refractivity contribution in [1.29, 1.82) is 0 Å². The highest BCUT2D eigenvalue weighted by Crippen LogP contribution is 2.32. The minimum atomic E-state index is -3.35. The number of nitrogens with zero attached hydrogens (tertiary/aromatic N) is 2. The van der Waals surface area contributed by atoms with Gasteiger partial charge in [0.2, 0.25) is 15.9 Å². The SMILES string of the molecule is CC1CCC(NC(=O)C2CCCC(S(=O)(=O)N3CCN(C)CC3)C2)CC1NC1NCCC(C2CCCNC2)N1. The smallest absolute Gasteiger partial charge is 0.223 e. The second kappa shape index (κ2) is 13.4. The molecule has 0 aromatic carbocycles. The maximum atomic E-state index is 13.4. The molecule has 0 spiro atoms. The number of rotatable bonds is 7. The summed E-state index contributed by atoms with van der Waals surface area (Å²) >= 11 is 0. The first-order valence-electron chi connectivity index (χ1n) is 15.7. The summed E-state index contributed by atoms with van der Waals surface area (Å²) in [7, 11) is -1.32. The van der Waals surface area contributed by atoms with Crippen LogP contribution in [-0.4, -0.2) is 106 Å². The molecular formula is C28H53N7O3S. The normalized spacial score (nSPS) is 39.7. The van der Waals surface area contributed by atoms with Crippen LogP contribution in [0.3, 0.4) is 0 Å². The molecule has 3 aliphatic heterocycles. The van der Waals surface area contributed by atoms with Crippen LogP contribution in [0, 0.1) is 17.8 Å². The highest BCUT2D eigenvalue weighted by molar-refractivity contribution is 7.89. The van der Waals surface area contributed by atoms with Gasteiger partial charge in [0.05, 0.1) is 5.25 Å². The largest absolute Gasteiger partial charge is 0.353 e. The van der Waals surface area contributed by atoms with Crippen molar-refractivity contribution in [3.8, 4) is 0 Å². The molecule has 5 fully saturated rings. The summed E-state index contributed by atoms with van der Waals surface area (Å²) in [6.07, 6.45) is 9.53. The van der Waals surface area contributed by atoms with Gasteiger partial charge in [-0.2, -0.15) is 4.31 Å². The van der Waals surface area contributed by atoms with Crippen LogP contribution in [0.1, 0.15) is 71.1 Å². The van der Waals surface area contributed by atoms with Crippen molar-refractivity contribution < 1.29 is 13.2 Å². The van der Waals surface area contributed by atoms with Crippen LogP contribution in [0.15, 0.2) is 0 Å². The van der Waals surface area contributed by atoms with Gasteiger partial charge in [-0.25, -0.2) is 8.42 Å². The van der Waals surface area contributed by atoms with Crippen LogP contribution in [0.5, 0.6) is 0 Å². The fraction of sp³-hybridized carbons (Fsp3) is 0.964. The van der Waals surface area contributed by atoms with Gasteiger partial charge in [-0.15, -0.1) is 0 Å². The van der Waals surface area contributed by atoms with E-state index in [4.69, 9.17) is 0 Å². The zero-order valence-corrected chi connectivity index (χ0v) is 25.0. The first kappa shape index (κ1) is 29.7. The lowest BCUT2D eigenvalue weighted by atomic mass is 9.82. The summed E-state index contributed by atoms with van der Waals surface area (Å²) in [5, 5.41) is 17.8. The minimum Gasteiger partial charge on any atom is -0.353 e. The minimum absolute atomic E-state index is 0.0605. The maximum Gasteiger partial charge on any atom is 0.223 e. The van der Waals surface area contributed by atoms with Crippen molar-refractivity contribution >= 4 is 15.9 Å². The number of piperidine rings is 1. The molecule has 5 aliphatic rings. The monoisotopic (exact) mass is 567 g/mol. The molecule has 8 atom stereocenters. The van der Waals surface area contributed by atoms with E-state index in [1.54, 1.807) is 4.31 Å². The molecule has 3 heterocycles. The number of carbonyl (C=O) groups excluding carboxylic acids is 1. The maximum absolute atomic E-state index is 13.4. The third kappa shape index (κ3) is 7.53. The second-order valence-corrected chi connectivity index (χ2v) is 15.3. The fourth-order valence-corrected chi connectivity index (χ4v) is 9.60. The molecule has 10 nitrogen and oxygen atoms in total. The molecule has 0 radical (unpaired) electrons. The fourth-order valence-electron chi connectivity index (χ4n) is 7.57. The Morgan fingerprint density at radius 3 is 2.51 bits per heavy atom. The van der Waals surface area contributed by atoms with E-state index in [1.807, 2.05) is 7.05 Å². The highest BCUT2D eigenvalue weighted by Gasteiger charge is 2.40. The third-order valence-corrected chi connectivity index (χ3v) is 12.6. The van der Waals surface area contributed by atoms with Crippen LogP contribution in [-0.2, 0) is 14.8 Å². The van der Waals surface area contributed by atoms with Crippen molar-refractivity contribution in [2.75, 3.05) is 52.9 Å². The molecule has 0 aromatic heterocycles. The van der Waals surface area contributed by atoms with Gasteiger partial charge in [0.25, 0.3) is 0 Å². The van der Waals surface area contributed by atoms with Gasteiger partial charge in [0, 0.05) is 50.2 Å². The number of amides is 1. The molecular weight excluding hydrogens is 514 g/mol. The van der Waals surface area contributed by atoms with Crippen LogP contribution >= 0.6 is 0 Å². The van der Waals surface area contributed by atoms with Gasteiger partial charge in [0.1, 0.15) is 6.29 Å². The Labute approximate surface area is 236 Å². The van der Waals surface area contributed by atoms with E-state index in [-0.39, 0.29) is 24.2 Å². The molecule has 1 amide bonds. The van der Waals surface area contributed by atoms with Crippen molar-refractivity contribution in [2.45, 2.75) is 101 Å². The van der Waals surface area contributed by atoms with Crippen molar-refractivity contribution in [1.82, 2.24) is 35.8 Å². The number of sulfonamides is 1.